The molecule has 0 aromatic carbocycles. The monoisotopic (exact) mass is 266 g/mol. The molecular formula is C12H15ClN4O. The van der Waals surface area contributed by atoms with Crippen molar-refractivity contribution in [2.75, 3.05) is 0 Å². The molecule has 5 nitrogen and oxygen atoms in total. The molecule has 0 aliphatic heterocycles. The zero-order chi connectivity index (χ0) is 13.0. The Morgan fingerprint density at radius 3 is 2.83 bits per heavy atom. The zero-order valence-electron chi connectivity index (χ0n) is 10.4. The second kappa shape index (κ2) is 5.82. The van der Waals surface area contributed by atoms with Gasteiger partial charge < -0.3 is 4.74 Å². The van der Waals surface area contributed by atoms with Gasteiger partial charge in [-0.05, 0) is 13.3 Å². The summed E-state index contributed by atoms with van der Waals surface area (Å²) in [5, 5.41) is 4.59. The van der Waals surface area contributed by atoms with Gasteiger partial charge in [0.05, 0.1) is 18.0 Å². The average Bonchev–Trinajstić information content (AvgIpc) is 2.81. The van der Waals surface area contributed by atoms with Crippen LogP contribution in [0.3, 0.4) is 0 Å². The molecule has 2 aromatic heterocycles. The summed E-state index contributed by atoms with van der Waals surface area (Å²) >= 11 is 6.05. The van der Waals surface area contributed by atoms with E-state index in [0.717, 1.165) is 24.9 Å². The van der Waals surface area contributed by atoms with Crippen LogP contribution in [0.4, 0.5) is 0 Å². The fourth-order valence-corrected chi connectivity index (χ4v) is 1.82. The molecule has 0 fully saturated rings. The van der Waals surface area contributed by atoms with Crippen molar-refractivity contribution in [3.05, 3.63) is 29.4 Å². The number of aromatic nitrogens is 4. The van der Waals surface area contributed by atoms with Gasteiger partial charge in [0.1, 0.15) is 11.5 Å². The maximum absolute atomic E-state index is 6.05. The fraction of sp³-hybridized carbons (Fsp3) is 0.417. The predicted octanol–water partition coefficient (Wildman–Crippen LogP) is 3.09. The van der Waals surface area contributed by atoms with Crippen molar-refractivity contribution in [3.63, 3.8) is 0 Å². The van der Waals surface area contributed by atoms with Crippen molar-refractivity contribution in [2.24, 2.45) is 0 Å². The number of ether oxygens (including phenoxy) is 1. The first-order chi connectivity index (χ1) is 8.74. The molecule has 2 heterocycles. The van der Waals surface area contributed by atoms with Gasteiger partial charge in [0.15, 0.2) is 5.75 Å². The number of aryl methyl sites for hydroxylation is 1. The molecule has 0 radical (unpaired) electrons. The second-order valence-corrected chi connectivity index (χ2v) is 4.19. The molecule has 0 spiro atoms. The Morgan fingerprint density at radius 2 is 2.17 bits per heavy atom. The third-order valence-corrected chi connectivity index (χ3v) is 2.83. The molecule has 0 bridgehead atoms. The Labute approximate surface area is 111 Å². The van der Waals surface area contributed by atoms with E-state index in [1.165, 1.54) is 6.33 Å². The van der Waals surface area contributed by atoms with Gasteiger partial charge in [-0.2, -0.15) is 5.10 Å². The van der Waals surface area contributed by atoms with E-state index in [0.29, 0.717) is 16.8 Å². The van der Waals surface area contributed by atoms with Gasteiger partial charge in [-0.3, -0.25) is 4.68 Å². The van der Waals surface area contributed by atoms with E-state index in [9.17, 15) is 0 Å². The minimum absolute atomic E-state index is 0.449. The SMILES string of the molecule is CCCc1c(Cl)ncnc1Oc1cnn(CC)c1. The predicted molar refractivity (Wildman–Crippen MR) is 69.0 cm³/mol. The van der Waals surface area contributed by atoms with E-state index in [4.69, 9.17) is 16.3 Å². The Morgan fingerprint density at radius 1 is 1.33 bits per heavy atom. The third kappa shape index (κ3) is 2.79. The lowest BCUT2D eigenvalue weighted by Crippen LogP contribution is -1.97. The normalized spacial score (nSPS) is 10.6. The summed E-state index contributed by atoms with van der Waals surface area (Å²) in [5.41, 5.74) is 0.839. The lowest BCUT2D eigenvalue weighted by Gasteiger charge is -2.08. The number of nitrogens with zero attached hydrogens (tertiary/aromatic N) is 4. The van der Waals surface area contributed by atoms with Gasteiger partial charge >= 0.3 is 0 Å². The van der Waals surface area contributed by atoms with E-state index in [1.807, 2.05) is 13.1 Å². The van der Waals surface area contributed by atoms with Crippen LogP contribution in [0.2, 0.25) is 5.15 Å². The molecule has 0 N–H and O–H groups in total. The molecular weight excluding hydrogens is 252 g/mol. The maximum atomic E-state index is 6.05. The molecule has 18 heavy (non-hydrogen) atoms. The van der Waals surface area contributed by atoms with Crippen LogP contribution in [0.25, 0.3) is 0 Å². The fourth-order valence-electron chi connectivity index (χ4n) is 1.61. The molecule has 0 unspecified atom stereocenters. The van der Waals surface area contributed by atoms with Crippen LogP contribution in [-0.2, 0) is 13.0 Å². The van der Waals surface area contributed by atoms with Crippen LogP contribution in [-0.4, -0.2) is 19.7 Å². The van der Waals surface area contributed by atoms with Crippen molar-refractivity contribution < 1.29 is 4.74 Å². The van der Waals surface area contributed by atoms with Crippen LogP contribution in [0, 0.1) is 0 Å². The van der Waals surface area contributed by atoms with Gasteiger partial charge in [-0.15, -0.1) is 0 Å². The van der Waals surface area contributed by atoms with E-state index in [-0.39, 0.29) is 0 Å². The topological polar surface area (TPSA) is 52.8 Å². The number of hydrogen-bond donors (Lipinski definition) is 0. The Hall–Kier alpha value is -1.62. The molecule has 0 atom stereocenters. The molecule has 0 aliphatic rings. The summed E-state index contributed by atoms with van der Waals surface area (Å²) < 4.78 is 7.50. The highest BCUT2D eigenvalue weighted by Crippen LogP contribution is 2.27. The van der Waals surface area contributed by atoms with Crippen LogP contribution in [0.15, 0.2) is 18.7 Å². The van der Waals surface area contributed by atoms with Gasteiger partial charge in [0.25, 0.3) is 0 Å². The van der Waals surface area contributed by atoms with E-state index in [1.54, 1.807) is 10.9 Å². The molecule has 96 valence electrons. The van der Waals surface area contributed by atoms with Gasteiger partial charge in [0.2, 0.25) is 5.88 Å². The minimum atomic E-state index is 0.449. The Bertz CT molecular complexity index is 527. The first kappa shape index (κ1) is 12.8. The molecule has 0 aliphatic carbocycles. The summed E-state index contributed by atoms with van der Waals surface area (Å²) in [4.78, 5) is 8.11. The maximum Gasteiger partial charge on any atom is 0.227 e. The van der Waals surface area contributed by atoms with Crippen LogP contribution < -0.4 is 4.74 Å². The standard InChI is InChI=1S/C12H15ClN4O/c1-3-5-10-11(13)14-8-15-12(10)18-9-6-16-17(4-2)7-9/h6-8H,3-5H2,1-2H3. The van der Waals surface area contributed by atoms with Crippen LogP contribution in [0.5, 0.6) is 11.6 Å². The molecule has 0 amide bonds. The van der Waals surface area contributed by atoms with Crippen LogP contribution in [0.1, 0.15) is 25.8 Å². The highest BCUT2D eigenvalue weighted by Gasteiger charge is 2.12. The number of halogens is 1. The smallest absolute Gasteiger partial charge is 0.227 e. The summed E-state index contributed by atoms with van der Waals surface area (Å²) in [5.74, 6) is 1.16. The molecule has 0 saturated carbocycles. The van der Waals surface area contributed by atoms with Gasteiger partial charge in [0, 0.05) is 6.54 Å². The average molecular weight is 267 g/mol. The molecule has 2 aromatic rings. The molecule has 0 saturated heterocycles. The lowest BCUT2D eigenvalue weighted by atomic mass is 10.2. The van der Waals surface area contributed by atoms with Crippen molar-refractivity contribution in [1.29, 1.82) is 0 Å². The second-order valence-electron chi connectivity index (χ2n) is 3.83. The van der Waals surface area contributed by atoms with Gasteiger partial charge in [-0.1, -0.05) is 24.9 Å². The number of rotatable bonds is 5. The van der Waals surface area contributed by atoms with E-state index < -0.39 is 0 Å². The highest BCUT2D eigenvalue weighted by molar-refractivity contribution is 6.30. The Balaban J connectivity index is 2.25. The summed E-state index contributed by atoms with van der Waals surface area (Å²) in [6, 6.07) is 0. The quantitative estimate of drug-likeness (QED) is 0.781. The zero-order valence-corrected chi connectivity index (χ0v) is 11.2. The summed E-state index contributed by atoms with van der Waals surface area (Å²) in [6.45, 7) is 4.89. The molecule has 6 heteroatoms. The van der Waals surface area contributed by atoms with Crippen molar-refractivity contribution in [3.8, 4) is 11.6 Å². The van der Waals surface area contributed by atoms with Crippen LogP contribution >= 0.6 is 11.6 Å². The largest absolute Gasteiger partial charge is 0.435 e. The third-order valence-electron chi connectivity index (χ3n) is 2.50. The summed E-state index contributed by atoms with van der Waals surface area (Å²) in [6.07, 6.45) is 6.64. The highest BCUT2D eigenvalue weighted by atomic mass is 35.5. The Kier molecular flexibility index (Phi) is 4.15. The van der Waals surface area contributed by atoms with E-state index in [2.05, 4.69) is 22.0 Å². The van der Waals surface area contributed by atoms with Crippen molar-refractivity contribution in [2.45, 2.75) is 33.2 Å². The first-order valence-corrected chi connectivity index (χ1v) is 6.32. The minimum Gasteiger partial charge on any atom is -0.435 e. The molecule has 2 rings (SSSR count). The summed E-state index contributed by atoms with van der Waals surface area (Å²) in [7, 11) is 0. The number of hydrogen-bond acceptors (Lipinski definition) is 4. The van der Waals surface area contributed by atoms with Gasteiger partial charge in [-0.25, -0.2) is 9.97 Å². The van der Waals surface area contributed by atoms with Crippen molar-refractivity contribution >= 4 is 11.6 Å². The van der Waals surface area contributed by atoms with E-state index >= 15 is 0 Å². The van der Waals surface area contributed by atoms with Crippen molar-refractivity contribution in [1.82, 2.24) is 19.7 Å². The first-order valence-electron chi connectivity index (χ1n) is 5.94. The lowest BCUT2D eigenvalue weighted by molar-refractivity contribution is 0.453.